The number of ether oxygens (including phenoxy) is 1. The van der Waals surface area contributed by atoms with Gasteiger partial charge in [0.25, 0.3) is 5.91 Å². The van der Waals surface area contributed by atoms with Gasteiger partial charge in [-0.3, -0.25) is 4.79 Å². The molecule has 0 fully saturated rings. The van der Waals surface area contributed by atoms with E-state index in [-0.39, 0.29) is 17.2 Å². The Kier molecular flexibility index (Phi) is 4.90. The van der Waals surface area contributed by atoms with Crippen LogP contribution in [-0.4, -0.2) is 28.5 Å². The Morgan fingerprint density at radius 2 is 1.93 bits per heavy atom. The Labute approximate surface area is 154 Å². The molecule has 27 heavy (non-hydrogen) atoms. The van der Waals surface area contributed by atoms with Crippen molar-refractivity contribution in [2.24, 2.45) is 5.73 Å². The highest BCUT2D eigenvalue weighted by Crippen LogP contribution is 2.26. The molecule has 0 spiro atoms. The van der Waals surface area contributed by atoms with Crippen molar-refractivity contribution in [2.45, 2.75) is 13.5 Å². The monoisotopic (exact) mass is 365 g/mol. The minimum Gasteiger partial charge on any atom is -0.464 e. The van der Waals surface area contributed by atoms with Gasteiger partial charge in [0, 0.05) is 18.1 Å². The number of primary amides is 1. The van der Waals surface area contributed by atoms with Crippen molar-refractivity contribution in [3.05, 3.63) is 64.9 Å². The summed E-state index contributed by atoms with van der Waals surface area (Å²) in [5.41, 5.74) is 7.03. The van der Waals surface area contributed by atoms with E-state index in [1.807, 2.05) is 0 Å². The summed E-state index contributed by atoms with van der Waals surface area (Å²) in [5.74, 6) is 3.78. The zero-order chi connectivity index (χ0) is 19.6. The molecule has 0 aliphatic rings. The number of amides is 1. The molecule has 0 bridgehead atoms. The summed E-state index contributed by atoms with van der Waals surface area (Å²) in [4.78, 5) is 28.3. The molecule has 2 N–H and O–H groups in total. The van der Waals surface area contributed by atoms with Crippen LogP contribution in [0.1, 0.15) is 39.0 Å². The lowest BCUT2D eigenvalue weighted by Crippen LogP contribution is -2.19. The quantitative estimate of drug-likeness (QED) is 0.568. The van der Waals surface area contributed by atoms with Gasteiger partial charge in [-0.05, 0) is 30.7 Å². The zero-order valence-electron chi connectivity index (χ0n) is 14.7. The van der Waals surface area contributed by atoms with Crippen LogP contribution in [0.4, 0.5) is 4.39 Å². The summed E-state index contributed by atoms with van der Waals surface area (Å²) in [7, 11) is 1.22. The average molecular weight is 365 g/mol. The van der Waals surface area contributed by atoms with Gasteiger partial charge in [-0.2, -0.15) is 0 Å². The number of benzene rings is 1. The largest absolute Gasteiger partial charge is 0.464 e. The van der Waals surface area contributed by atoms with Crippen LogP contribution in [0.2, 0.25) is 0 Å². The first-order valence-electron chi connectivity index (χ1n) is 8.04. The third-order valence-corrected chi connectivity index (χ3v) is 4.05. The second kappa shape index (κ2) is 7.30. The van der Waals surface area contributed by atoms with Crippen molar-refractivity contribution in [3.63, 3.8) is 0 Å². The van der Waals surface area contributed by atoms with E-state index >= 15 is 0 Å². The fourth-order valence-electron chi connectivity index (χ4n) is 2.87. The number of aromatic nitrogens is 2. The van der Waals surface area contributed by atoms with E-state index < -0.39 is 11.9 Å². The fourth-order valence-corrected chi connectivity index (χ4v) is 2.87. The van der Waals surface area contributed by atoms with Crippen LogP contribution in [0.15, 0.2) is 36.5 Å². The number of pyridine rings is 1. The van der Waals surface area contributed by atoms with E-state index in [4.69, 9.17) is 10.5 Å². The number of fused-ring (bicyclic) bond motifs is 1. The molecule has 2 aromatic heterocycles. The molecule has 1 amide bonds. The second-order valence-corrected chi connectivity index (χ2v) is 5.75. The predicted octanol–water partition coefficient (Wildman–Crippen LogP) is 2.48. The number of carbonyl (C=O) groups is 2. The maximum atomic E-state index is 13.1. The molecule has 2 heterocycles. The molecule has 7 heteroatoms. The number of rotatable bonds is 4. The molecule has 0 aliphatic carbocycles. The van der Waals surface area contributed by atoms with E-state index in [1.54, 1.807) is 35.9 Å². The molecule has 136 valence electrons. The van der Waals surface area contributed by atoms with Crippen LogP contribution >= 0.6 is 0 Å². The SMILES string of the molecule is CC#Cc1c(C(=O)OC)nc(C(N)=O)c2c1ccn2Cc1ccc(F)cc1. The van der Waals surface area contributed by atoms with E-state index in [0.29, 0.717) is 23.0 Å². The molecule has 0 saturated heterocycles. The molecular formula is C20H16FN3O3. The van der Waals surface area contributed by atoms with E-state index in [9.17, 15) is 14.0 Å². The summed E-state index contributed by atoms with van der Waals surface area (Å²) in [6, 6.07) is 7.75. The van der Waals surface area contributed by atoms with Gasteiger partial charge in [-0.15, -0.1) is 5.92 Å². The molecule has 0 unspecified atom stereocenters. The minimum absolute atomic E-state index is 0.0563. The summed E-state index contributed by atoms with van der Waals surface area (Å²) in [6.45, 7) is 1.99. The molecule has 3 aromatic rings. The molecule has 6 nitrogen and oxygen atoms in total. The predicted molar refractivity (Wildman–Crippen MR) is 97.6 cm³/mol. The summed E-state index contributed by atoms with van der Waals surface area (Å²) < 4.78 is 19.7. The topological polar surface area (TPSA) is 87.2 Å². The number of carbonyl (C=O) groups excluding carboxylic acids is 2. The smallest absolute Gasteiger partial charge is 0.358 e. The van der Waals surface area contributed by atoms with Crippen molar-refractivity contribution < 1.29 is 18.7 Å². The van der Waals surface area contributed by atoms with Gasteiger partial charge in [0.05, 0.1) is 18.2 Å². The average Bonchev–Trinajstić information content (AvgIpc) is 3.07. The van der Waals surface area contributed by atoms with Crippen molar-refractivity contribution in [2.75, 3.05) is 7.11 Å². The highest BCUT2D eigenvalue weighted by Gasteiger charge is 2.23. The van der Waals surface area contributed by atoms with Crippen LogP contribution < -0.4 is 5.73 Å². The second-order valence-electron chi connectivity index (χ2n) is 5.75. The summed E-state index contributed by atoms with van der Waals surface area (Å²) >= 11 is 0. The van der Waals surface area contributed by atoms with Crippen molar-refractivity contribution in [1.82, 2.24) is 9.55 Å². The lowest BCUT2D eigenvalue weighted by Gasteiger charge is -2.11. The van der Waals surface area contributed by atoms with Crippen molar-refractivity contribution in [3.8, 4) is 11.8 Å². The number of esters is 1. The molecule has 3 rings (SSSR count). The molecular weight excluding hydrogens is 349 g/mol. The summed E-state index contributed by atoms with van der Waals surface area (Å²) in [6.07, 6.45) is 1.74. The molecule has 0 aliphatic heterocycles. The van der Waals surface area contributed by atoms with Gasteiger partial charge < -0.3 is 15.0 Å². The Hall–Kier alpha value is -3.66. The first-order valence-corrected chi connectivity index (χ1v) is 8.04. The normalized spacial score (nSPS) is 10.3. The standard InChI is InChI=1S/C20H16FN3O3/c1-3-4-14-15-9-10-24(11-12-5-7-13(21)8-6-12)18(15)17(19(22)25)23-16(14)20(26)27-2/h5-10H,11H2,1-2H3,(H2,22,25). The maximum absolute atomic E-state index is 13.1. The fraction of sp³-hybridized carbons (Fsp3) is 0.150. The van der Waals surface area contributed by atoms with Gasteiger partial charge in [0.15, 0.2) is 11.4 Å². The Morgan fingerprint density at radius 1 is 1.22 bits per heavy atom. The maximum Gasteiger partial charge on any atom is 0.358 e. The Balaban J connectivity index is 2.27. The number of nitrogens with zero attached hydrogens (tertiary/aromatic N) is 2. The number of nitrogens with two attached hydrogens (primary N) is 1. The Bertz CT molecular complexity index is 1110. The van der Waals surface area contributed by atoms with Gasteiger partial charge in [0.2, 0.25) is 0 Å². The van der Waals surface area contributed by atoms with Gasteiger partial charge >= 0.3 is 5.97 Å². The summed E-state index contributed by atoms with van der Waals surface area (Å²) in [5, 5.41) is 0.565. The lowest BCUT2D eigenvalue weighted by atomic mass is 10.1. The number of halogens is 1. The number of methoxy groups -OCH3 is 1. The van der Waals surface area contributed by atoms with Crippen molar-refractivity contribution in [1.29, 1.82) is 0 Å². The van der Waals surface area contributed by atoms with Crippen molar-refractivity contribution >= 4 is 22.8 Å². The zero-order valence-corrected chi connectivity index (χ0v) is 14.7. The number of hydrogen-bond acceptors (Lipinski definition) is 4. The number of hydrogen-bond donors (Lipinski definition) is 1. The minimum atomic E-state index is -0.778. The van der Waals surface area contributed by atoms with E-state index in [2.05, 4.69) is 16.8 Å². The van der Waals surface area contributed by atoms with E-state index in [0.717, 1.165) is 5.56 Å². The van der Waals surface area contributed by atoms with Gasteiger partial charge in [-0.25, -0.2) is 14.2 Å². The molecule has 0 saturated carbocycles. The highest BCUT2D eigenvalue weighted by molar-refractivity contribution is 6.08. The van der Waals surface area contributed by atoms with Crippen LogP contribution in [-0.2, 0) is 11.3 Å². The van der Waals surface area contributed by atoms with Gasteiger partial charge in [-0.1, -0.05) is 18.1 Å². The van der Waals surface area contributed by atoms with E-state index in [1.165, 1.54) is 19.2 Å². The van der Waals surface area contributed by atoms with Crippen LogP contribution in [0, 0.1) is 17.7 Å². The molecule has 0 radical (unpaired) electrons. The third-order valence-electron chi connectivity index (χ3n) is 4.05. The van der Waals surface area contributed by atoms with Gasteiger partial charge in [0.1, 0.15) is 5.82 Å². The lowest BCUT2D eigenvalue weighted by molar-refractivity contribution is 0.0594. The third kappa shape index (κ3) is 3.37. The molecule has 1 aromatic carbocycles. The van der Waals surface area contributed by atoms with Crippen LogP contribution in [0.25, 0.3) is 10.9 Å². The Morgan fingerprint density at radius 3 is 2.52 bits per heavy atom. The van der Waals surface area contributed by atoms with Crippen LogP contribution in [0.3, 0.4) is 0 Å². The molecule has 0 atom stereocenters. The highest BCUT2D eigenvalue weighted by atomic mass is 19.1. The van der Waals surface area contributed by atoms with Crippen LogP contribution in [0.5, 0.6) is 0 Å². The first-order chi connectivity index (χ1) is 13.0. The first kappa shape index (κ1) is 18.1.